The number of aryl methyl sites for hydroxylation is 2. The van der Waals surface area contributed by atoms with Gasteiger partial charge in [-0.05, 0) is 44.7 Å². The molecule has 0 radical (unpaired) electrons. The second kappa shape index (κ2) is 5.89. The van der Waals surface area contributed by atoms with Gasteiger partial charge in [0.1, 0.15) is 0 Å². The van der Waals surface area contributed by atoms with E-state index >= 15 is 0 Å². The molecule has 1 N–H and O–H groups in total. The molecule has 0 saturated carbocycles. The molecule has 0 spiro atoms. The summed E-state index contributed by atoms with van der Waals surface area (Å²) in [5.74, 6) is 0.0611. The van der Waals surface area contributed by atoms with Crippen LogP contribution in [0.3, 0.4) is 0 Å². The number of nitrogens with zero attached hydrogens (tertiary/aromatic N) is 2. The summed E-state index contributed by atoms with van der Waals surface area (Å²) < 4.78 is 0. The lowest BCUT2D eigenvalue weighted by atomic mass is 9.92. The van der Waals surface area contributed by atoms with Gasteiger partial charge >= 0.3 is 0 Å². The zero-order valence-corrected chi connectivity index (χ0v) is 13.8. The fraction of sp³-hybridized carbons (Fsp3) is 0.421. The van der Waals surface area contributed by atoms with Crippen LogP contribution in [0.1, 0.15) is 69.5 Å². The highest BCUT2D eigenvalue weighted by atomic mass is 16.2. The molecule has 3 heterocycles. The largest absolute Gasteiger partial charge is 0.361 e. The van der Waals surface area contributed by atoms with Crippen molar-refractivity contribution in [2.45, 2.75) is 45.1 Å². The molecule has 1 atom stereocenters. The molecule has 4 rings (SSSR count). The zero-order valence-electron chi connectivity index (χ0n) is 13.8. The minimum Gasteiger partial charge on any atom is -0.361 e. The van der Waals surface area contributed by atoms with Gasteiger partial charge in [-0.2, -0.15) is 0 Å². The van der Waals surface area contributed by atoms with Gasteiger partial charge in [0.2, 0.25) is 0 Å². The minimum absolute atomic E-state index is 0.00217. The fourth-order valence-corrected chi connectivity index (χ4v) is 4.04. The maximum absolute atomic E-state index is 13.3. The quantitative estimate of drug-likeness (QED) is 0.923. The van der Waals surface area contributed by atoms with Crippen LogP contribution >= 0.6 is 0 Å². The molecule has 2 aliphatic rings. The number of carbonyl (C=O) groups is 2. The van der Waals surface area contributed by atoms with Crippen molar-refractivity contribution in [3.63, 3.8) is 0 Å². The van der Waals surface area contributed by atoms with Crippen molar-refractivity contribution in [1.82, 2.24) is 14.9 Å². The van der Waals surface area contributed by atoms with Crippen molar-refractivity contribution in [2.75, 3.05) is 6.54 Å². The Hall–Kier alpha value is -2.43. The maximum Gasteiger partial charge on any atom is 0.256 e. The SMILES string of the molecule is Cc1[nH]c2c(c1C(=O)N1CCC[C@@H]1c1ccccn1)C(=O)CCC2. The Morgan fingerprint density at radius 1 is 1.29 bits per heavy atom. The Balaban J connectivity index is 1.72. The molecule has 1 saturated heterocycles. The predicted molar refractivity (Wildman–Crippen MR) is 90.0 cm³/mol. The first-order valence-corrected chi connectivity index (χ1v) is 8.63. The number of pyridine rings is 1. The molecular formula is C19H21N3O2. The Labute approximate surface area is 141 Å². The van der Waals surface area contributed by atoms with Crippen molar-refractivity contribution >= 4 is 11.7 Å². The topological polar surface area (TPSA) is 66.1 Å². The molecule has 0 unspecified atom stereocenters. The fourth-order valence-electron chi connectivity index (χ4n) is 4.04. The van der Waals surface area contributed by atoms with Gasteiger partial charge in [-0.1, -0.05) is 6.07 Å². The number of carbonyl (C=O) groups excluding carboxylic acids is 2. The van der Waals surface area contributed by atoms with Crippen molar-refractivity contribution in [3.05, 3.63) is 52.6 Å². The lowest BCUT2D eigenvalue weighted by molar-refractivity contribution is 0.0727. The highest BCUT2D eigenvalue weighted by Gasteiger charge is 2.36. The molecule has 2 aromatic rings. The summed E-state index contributed by atoms with van der Waals surface area (Å²) >= 11 is 0. The van der Waals surface area contributed by atoms with Gasteiger partial charge in [0, 0.05) is 30.6 Å². The van der Waals surface area contributed by atoms with Gasteiger partial charge in [-0.25, -0.2) is 0 Å². The van der Waals surface area contributed by atoms with E-state index in [-0.39, 0.29) is 17.7 Å². The molecule has 124 valence electrons. The van der Waals surface area contributed by atoms with Crippen molar-refractivity contribution in [1.29, 1.82) is 0 Å². The number of H-pyrrole nitrogens is 1. The predicted octanol–water partition coefficient (Wildman–Crippen LogP) is 3.21. The molecule has 5 heteroatoms. The molecule has 1 aliphatic carbocycles. The standard InChI is InChI=1S/C19H21N3O2/c1-12-17(18-14(21-12)7-4-9-16(18)23)19(24)22-11-5-8-15(22)13-6-2-3-10-20-13/h2-3,6,10,15,21H,4-5,7-9,11H2,1H3/t15-/m1/s1. The Morgan fingerprint density at radius 2 is 2.17 bits per heavy atom. The van der Waals surface area contributed by atoms with Crippen LogP contribution in [0, 0.1) is 6.92 Å². The van der Waals surface area contributed by atoms with Gasteiger partial charge in [0.05, 0.1) is 22.9 Å². The van der Waals surface area contributed by atoms with E-state index in [4.69, 9.17) is 0 Å². The number of Topliss-reactive ketones (excluding diaryl/α,β-unsaturated/α-hetero) is 1. The first-order valence-electron chi connectivity index (χ1n) is 8.63. The highest BCUT2D eigenvalue weighted by Crippen LogP contribution is 2.35. The van der Waals surface area contributed by atoms with Gasteiger partial charge in [0.15, 0.2) is 5.78 Å². The summed E-state index contributed by atoms with van der Waals surface area (Å²) in [5.41, 5.74) is 3.89. The van der Waals surface area contributed by atoms with E-state index in [0.717, 1.165) is 42.8 Å². The van der Waals surface area contributed by atoms with E-state index in [1.165, 1.54) is 0 Å². The van der Waals surface area contributed by atoms with Gasteiger partial charge in [-0.3, -0.25) is 14.6 Å². The van der Waals surface area contributed by atoms with Crippen LogP contribution < -0.4 is 0 Å². The third-order valence-electron chi connectivity index (χ3n) is 5.13. The lowest BCUT2D eigenvalue weighted by Gasteiger charge is -2.25. The third kappa shape index (κ3) is 2.35. The number of hydrogen-bond acceptors (Lipinski definition) is 3. The molecule has 2 aromatic heterocycles. The lowest BCUT2D eigenvalue weighted by Crippen LogP contribution is -2.32. The normalized spacial score (nSPS) is 20.3. The summed E-state index contributed by atoms with van der Waals surface area (Å²) in [6.45, 7) is 2.61. The first-order chi connectivity index (χ1) is 11.7. The van der Waals surface area contributed by atoms with Gasteiger partial charge in [0.25, 0.3) is 5.91 Å². The smallest absolute Gasteiger partial charge is 0.256 e. The summed E-state index contributed by atoms with van der Waals surface area (Å²) in [4.78, 5) is 35.2. The second-order valence-corrected chi connectivity index (χ2v) is 6.67. The highest BCUT2D eigenvalue weighted by molar-refractivity contribution is 6.10. The van der Waals surface area contributed by atoms with Crippen LogP contribution in [-0.4, -0.2) is 33.1 Å². The molecule has 24 heavy (non-hydrogen) atoms. The number of amides is 1. The molecule has 1 amide bonds. The average Bonchev–Trinajstić information content (AvgIpc) is 3.20. The van der Waals surface area contributed by atoms with E-state index in [0.29, 0.717) is 24.1 Å². The van der Waals surface area contributed by atoms with E-state index < -0.39 is 0 Å². The number of hydrogen-bond donors (Lipinski definition) is 1. The summed E-state index contributed by atoms with van der Waals surface area (Å²) in [7, 11) is 0. The number of aromatic amines is 1. The van der Waals surface area contributed by atoms with Crippen LogP contribution in [0.5, 0.6) is 0 Å². The Kier molecular flexibility index (Phi) is 3.71. The number of fused-ring (bicyclic) bond motifs is 1. The van der Waals surface area contributed by atoms with Gasteiger partial charge < -0.3 is 9.88 Å². The number of aromatic nitrogens is 2. The number of rotatable bonds is 2. The first kappa shape index (κ1) is 15.1. The molecule has 1 fully saturated rings. The minimum atomic E-state index is -0.0339. The van der Waals surface area contributed by atoms with Gasteiger partial charge in [-0.15, -0.1) is 0 Å². The van der Waals surface area contributed by atoms with Crippen LogP contribution in [0.15, 0.2) is 24.4 Å². The summed E-state index contributed by atoms with van der Waals surface area (Å²) in [6.07, 6.45) is 5.89. The zero-order chi connectivity index (χ0) is 16.7. The number of likely N-dealkylation sites (tertiary alicyclic amines) is 1. The Bertz CT molecular complexity index is 794. The maximum atomic E-state index is 13.3. The van der Waals surface area contributed by atoms with E-state index in [1.54, 1.807) is 6.20 Å². The van der Waals surface area contributed by atoms with Crippen LogP contribution in [0.4, 0.5) is 0 Å². The molecule has 0 aromatic carbocycles. The van der Waals surface area contributed by atoms with Crippen LogP contribution in [0.2, 0.25) is 0 Å². The average molecular weight is 323 g/mol. The van der Waals surface area contributed by atoms with E-state index in [9.17, 15) is 9.59 Å². The van der Waals surface area contributed by atoms with E-state index in [1.807, 2.05) is 30.0 Å². The summed E-state index contributed by atoms with van der Waals surface area (Å²) in [6, 6.07) is 5.81. The molecule has 0 bridgehead atoms. The molecular weight excluding hydrogens is 302 g/mol. The number of ketones is 1. The third-order valence-corrected chi connectivity index (χ3v) is 5.13. The van der Waals surface area contributed by atoms with Crippen LogP contribution in [0.25, 0.3) is 0 Å². The molecule has 5 nitrogen and oxygen atoms in total. The van der Waals surface area contributed by atoms with Crippen molar-refractivity contribution in [2.24, 2.45) is 0 Å². The van der Waals surface area contributed by atoms with Crippen molar-refractivity contribution < 1.29 is 9.59 Å². The Morgan fingerprint density at radius 3 is 2.96 bits per heavy atom. The second-order valence-electron chi connectivity index (χ2n) is 6.67. The number of nitrogens with one attached hydrogen (secondary N) is 1. The summed E-state index contributed by atoms with van der Waals surface area (Å²) in [5, 5.41) is 0. The van der Waals surface area contributed by atoms with Crippen LogP contribution in [-0.2, 0) is 6.42 Å². The van der Waals surface area contributed by atoms with Crippen molar-refractivity contribution in [3.8, 4) is 0 Å². The van der Waals surface area contributed by atoms with E-state index in [2.05, 4.69) is 9.97 Å². The monoisotopic (exact) mass is 323 g/mol. The molecule has 1 aliphatic heterocycles.